The van der Waals surface area contributed by atoms with E-state index in [1.54, 1.807) is 0 Å². The second-order valence-electron chi connectivity index (χ2n) is 8.82. The summed E-state index contributed by atoms with van der Waals surface area (Å²) in [6.45, 7) is 10.5. The van der Waals surface area contributed by atoms with E-state index in [4.69, 9.17) is 0 Å². The molecule has 4 atom stereocenters. The van der Waals surface area contributed by atoms with Crippen LogP contribution in [-0.4, -0.2) is 49.1 Å². The van der Waals surface area contributed by atoms with Crippen LogP contribution in [0.25, 0.3) is 0 Å². The van der Waals surface area contributed by atoms with Gasteiger partial charge in [-0.3, -0.25) is 4.90 Å². The molecule has 2 aliphatic heterocycles. The van der Waals surface area contributed by atoms with Gasteiger partial charge in [0.1, 0.15) is 0 Å². The van der Waals surface area contributed by atoms with Crippen molar-refractivity contribution in [2.24, 2.45) is 35.5 Å². The molecule has 2 aliphatic carbocycles. The van der Waals surface area contributed by atoms with Gasteiger partial charge in [-0.1, -0.05) is 13.8 Å². The molecule has 20 heavy (non-hydrogen) atoms. The molecule has 0 N–H and O–H groups in total. The number of likely N-dealkylation sites (tertiary alicyclic amines) is 2. The van der Waals surface area contributed by atoms with E-state index in [1.807, 2.05) is 0 Å². The van der Waals surface area contributed by atoms with Crippen LogP contribution in [0.2, 0.25) is 0 Å². The lowest BCUT2D eigenvalue weighted by molar-refractivity contribution is 0.199. The summed E-state index contributed by atoms with van der Waals surface area (Å²) in [6.07, 6.45) is 6.06. The van der Waals surface area contributed by atoms with E-state index in [2.05, 4.69) is 30.7 Å². The summed E-state index contributed by atoms with van der Waals surface area (Å²) in [4.78, 5) is 5.46. The molecule has 0 radical (unpaired) electrons. The molecule has 0 aromatic heterocycles. The van der Waals surface area contributed by atoms with Gasteiger partial charge in [-0.2, -0.15) is 0 Å². The Morgan fingerprint density at radius 2 is 1.25 bits per heavy atom. The van der Waals surface area contributed by atoms with Crippen molar-refractivity contribution in [3.05, 3.63) is 0 Å². The first-order valence-electron chi connectivity index (χ1n) is 9.02. The zero-order valence-electron chi connectivity index (χ0n) is 13.6. The maximum atomic E-state index is 2.91. The smallest absolute Gasteiger partial charge is 0.0102 e. The normalized spacial score (nSPS) is 49.2. The van der Waals surface area contributed by atoms with Gasteiger partial charge in [-0.25, -0.2) is 0 Å². The monoisotopic (exact) mass is 276 g/mol. The molecule has 4 rings (SSSR count). The average molecular weight is 276 g/mol. The van der Waals surface area contributed by atoms with Crippen molar-refractivity contribution in [1.82, 2.24) is 9.80 Å². The van der Waals surface area contributed by atoms with Crippen molar-refractivity contribution in [2.45, 2.75) is 45.6 Å². The third-order valence-corrected chi connectivity index (χ3v) is 7.18. The van der Waals surface area contributed by atoms with Crippen LogP contribution in [0.5, 0.6) is 0 Å². The van der Waals surface area contributed by atoms with Crippen LogP contribution < -0.4 is 0 Å². The average Bonchev–Trinajstić information content (AvgIpc) is 3.02. The van der Waals surface area contributed by atoms with Crippen LogP contribution in [0.3, 0.4) is 0 Å². The van der Waals surface area contributed by atoms with Crippen LogP contribution in [0, 0.1) is 35.5 Å². The molecule has 0 spiro atoms. The van der Waals surface area contributed by atoms with Gasteiger partial charge in [0.15, 0.2) is 0 Å². The maximum absolute atomic E-state index is 2.91. The van der Waals surface area contributed by atoms with Crippen LogP contribution in [0.1, 0.15) is 39.5 Å². The van der Waals surface area contributed by atoms with Crippen molar-refractivity contribution in [2.75, 3.05) is 33.2 Å². The van der Waals surface area contributed by atoms with Crippen LogP contribution in [0.15, 0.2) is 0 Å². The molecule has 2 saturated heterocycles. The minimum absolute atomic E-state index is 0.912. The van der Waals surface area contributed by atoms with Gasteiger partial charge in [0.25, 0.3) is 0 Å². The summed E-state index contributed by atoms with van der Waals surface area (Å²) >= 11 is 0. The molecule has 4 fully saturated rings. The fourth-order valence-corrected chi connectivity index (χ4v) is 6.03. The minimum Gasteiger partial charge on any atom is -0.306 e. The highest BCUT2D eigenvalue weighted by molar-refractivity contribution is 5.00. The van der Waals surface area contributed by atoms with Gasteiger partial charge in [0.05, 0.1) is 0 Å². The van der Waals surface area contributed by atoms with Gasteiger partial charge in [0, 0.05) is 32.2 Å². The first-order valence-corrected chi connectivity index (χ1v) is 9.02. The summed E-state index contributed by atoms with van der Waals surface area (Å²) in [5.41, 5.74) is 0. The Balaban J connectivity index is 1.33. The Bertz CT molecular complexity index is 338. The van der Waals surface area contributed by atoms with Crippen molar-refractivity contribution in [1.29, 1.82) is 0 Å². The van der Waals surface area contributed by atoms with Gasteiger partial charge in [-0.15, -0.1) is 0 Å². The first kappa shape index (κ1) is 13.6. The zero-order valence-corrected chi connectivity index (χ0v) is 13.6. The molecule has 2 nitrogen and oxygen atoms in total. The molecule has 2 heteroatoms. The number of hydrogen-bond donors (Lipinski definition) is 0. The Labute approximate surface area is 124 Å². The van der Waals surface area contributed by atoms with Crippen molar-refractivity contribution >= 4 is 0 Å². The molecule has 0 aromatic carbocycles. The van der Waals surface area contributed by atoms with E-state index < -0.39 is 0 Å². The number of fused-ring (bicyclic) bond motifs is 2. The summed E-state index contributed by atoms with van der Waals surface area (Å²) < 4.78 is 0. The minimum atomic E-state index is 0.912. The van der Waals surface area contributed by atoms with E-state index >= 15 is 0 Å². The molecule has 0 amide bonds. The molecular weight excluding hydrogens is 244 g/mol. The second kappa shape index (κ2) is 4.98. The molecule has 114 valence electrons. The predicted octanol–water partition coefficient (Wildman–Crippen LogP) is 2.94. The van der Waals surface area contributed by atoms with Gasteiger partial charge >= 0.3 is 0 Å². The lowest BCUT2D eigenvalue weighted by Crippen LogP contribution is -2.34. The molecular formula is C18H32N2. The van der Waals surface area contributed by atoms with Crippen molar-refractivity contribution < 1.29 is 0 Å². The summed E-state index contributed by atoms with van der Waals surface area (Å²) in [6, 6.07) is 0.946. The van der Waals surface area contributed by atoms with E-state index in [9.17, 15) is 0 Å². The SMILES string of the molecule is CC(C)C1CC2CN(C3CC4CN(C)CC4C3)CC2C1. The van der Waals surface area contributed by atoms with Crippen molar-refractivity contribution in [3.63, 3.8) is 0 Å². The maximum Gasteiger partial charge on any atom is 0.0102 e. The predicted molar refractivity (Wildman–Crippen MR) is 83.6 cm³/mol. The Morgan fingerprint density at radius 3 is 1.75 bits per heavy atom. The fraction of sp³-hybridized carbons (Fsp3) is 1.00. The third-order valence-electron chi connectivity index (χ3n) is 7.18. The van der Waals surface area contributed by atoms with E-state index in [-0.39, 0.29) is 0 Å². The fourth-order valence-electron chi connectivity index (χ4n) is 6.03. The van der Waals surface area contributed by atoms with Gasteiger partial charge in [0.2, 0.25) is 0 Å². The highest BCUT2D eigenvalue weighted by Gasteiger charge is 2.47. The molecule has 4 aliphatic rings. The number of nitrogens with zero attached hydrogens (tertiary/aromatic N) is 2. The number of rotatable bonds is 2. The van der Waals surface area contributed by atoms with Gasteiger partial charge in [-0.05, 0) is 68.2 Å². The standard InChI is InChI=1S/C18H32N2/c1-12(2)13-4-14-10-20(11-15(14)5-13)18-6-16-8-19(3)9-17(16)7-18/h12-18H,4-11H2,1-3H3. The largest absolute Gasteiger partial charge is 0.306 e. The van der Waals surface area contributed by atoms with Crippen LogP contribution in [-0.2, 0) is 0 Å². The topological polar surface area (TPSA) is 6.48 Å². The Hall–Kier alpha value is -0.0800. The van der Waals surface area contributed by atoms with Gasteiger partial charge < -0.3 is 4.90 Å². The molecule has 4 unspecified atom stereocenters. The molecule has 0 bridgehead atoms. The summed E-state index contributed by atoms with van der Waals surface area (Å²) in [7, 11) is 2.31. The lowest BCUT2D eigenvalue weighted by atomic mass is 9.93. The quantitative estimate of drug-likeness (QED) is 0.765. The number of hydrogen-bond acceptors (Lipinski definition) is 2. The lowest BCUT2D eigenvalue weighted by Gasteiger charge is -2.27. The second-order valence-corrected chi connectivity index (χ2v) is 8.82. The van der Waals surface area contributed by atoms with E-state index in [0.29, 0.717) is 0 Å². The van der Waals surface area contributed by atoms with E-state index in [1.165, 1.54) is 51.9 Å². The zero-order chi connectivity index (χ0) is 13.9. The summed E-state index contributed by atoms with van der Waals surface area (Å²) in [5, 5.41) is 0. The highest BCUT2D eigenvalue weighted by Crippen LogP contribution is 2.47. The summed E-state index contributed by atoms with van der Waals surface area (Å²) in [5.74, 6) is 6.08. The third kappa shape index (κ3) is 2.23. The Morgan fingerprint density at radius 1 is 0.750 bits per heavy atom. The Kier molecular flexibility index (Phi) is 3.38. The highest BCUT2D eigenvalue weighted by atomic mass is 15.2. The molecule has 2 heterocycles. The first-order chi connectivity index (χ1) is 9.60. The molecule has 0 aromatic rings. The van der Waals surface area contributed by atoms with E-state index in [0.717, 1.165) is 41.5 Å². The molecule has 2 saturated carbocycles. The van der Waals surface area contributed by atoms with Crippen molar-refractivity contribution in [3.8, 4) is 0 Å². The van der Waals surface area contributed by atoms with Crippen LogP contribution >= 0.6 is 0 Å². The van der Waals surface area contributed by atoms with Crippen LogP contribution in [0.4, 0.5) is 0 Å².